The zero-order chi connectivity index (χ0) is 14.0. The molecule has 2 aromatic carbocycles. The minimum absolute atomic E-state index is 0.0701. The van der Waals surface area contributed by atoms with Gasteiger partial charge >= 0.3 is 0 Å². The van der Waals surface area contributed by atoms with E-state index in [4.69, 9.17) is 17.3 Å². The highest BCUT2D eigenvalue weighted by molar-refractivity contribution is 6.30. The van der Waals surface area contributed by atoms with Gasteiger partial charge in [0, 0.05) is 6.04 Å². The molecule has 0 aliphatic heterocycles. The summed E-state index contributed by atoms with van der Waals surface area (Å²) in [6, 6.07) is 8.76. The van der Waals surface area contributed by atoms with E-state index in [9.17, 15) is 8.78 Å². The van der Waals surface area contributed by atoms with Crippen LogP contribution in [0.2, 0.25) is 5.02 Å². The van der Waals surface area contributed by atoms with E-state index in [1.54, 1.807) is 18.2 Å². The molecular formula is C15H14ClF2N. The second-order valence-corrected chi connectivity index (χ2v) is 4.93. The van der Waals surface area contributed by atoms with Crippen molar-refractivity contribution < 1.29 is 8.78 Å². The van der Waals surface area contributed by atoms with Crippen LogP contribution in [0.25, 0.3) is 0 Å². The van der Waals surface area contributed by atoms with Crippen molar-refractivity contribution in [3.8, 4) is 0 Å². The number of rotatable bonds is 3. The second kappa shape index (κ2) is 5.68. The molecule has 19 heavy (non-hydrogen) atoms. The molecule has 0 spiro atoms. The molecule has 0 saturated heterocycles. The van der Waals surface area contributed by atoms with Crippen LogP contribution in [-0.2, 0) is 6.42 Å². The van der Waals surface area contributed by atoms with E-state index in [2.05, 4.69) is 0 Å². The summed E-state index contributed by atoms with van der Waals surface area (Å²) in [5.74, 6) is -0.809. The van der Waals surface area contributed by atoms with Crippen LogP contribution in [0.4, 0.5) is 8.78 Å². The molecule has 0 aliphatic rings. The Morgan fingerprint density at radius 2 is 1.95 bits per heavy atom. The lowest BCUT2D eigenvalue weighted by Crippen LogP contribution is -2.15. The molecule has 2 N–H and O–H groups in total. The van der Waals surface area contributed by atoms with Crippen LogP contribution in [0.5, 0.6) is 0 Å². The standard InChI is InChI=1S/C15H14ClF2N/c1-9-5-6-11(17)8-12(9)14(19)7-10-3-2-4-13(16)15(10)18/h2-6,8,14H,7,19H2,1H3. The van der Waals surface area contributed by atoms with Gasteiger partial charge in [-0.2, -0.15) is 0 Å². The SMILES string of the molecule is Cc1ccc(F)cc1C(N)Cc1cccc(Cl)c1F. The van der Waals surface area contributed by atoms with Crippen molar-refractivity contribution >= 4 is 11.6 Å². The van der Waals surface area contributed by atoms with Crippen molar-refractivity contribution in [2.75, 3.05) is 0 Å². The molecule has 0 radical (unpaired) electrons. The minimum atomic E-state index is -0.469. The largest absolute Gasteiger partial charge is 0.324 e. The Labute approximate surface area is 116 Å². The average Bonchev–Trinajstić information content (AvgIpc) is 2.38. The molecule has 2 aromatic rings. The predicted octanol–water partition coefficient (Wildman–Crippen LogP) is 4.17. The number of benzene rings is 2. The van der Waals surface area contributed by atoms with Crippen LogP contribution >= 0.6 is 11.6 Å². The molecule has 0 amide bonds. The molecule has 1 atom stereocenters. The van der Waals surface area contributed by atoms with Crippen LogP contribution in [0, 0.1) is 18.6 Å². The lowest BCUT2D eigenvalue weighted by Gasteiger charge is -2.15. The summed E-state index contributed by atoms with van der Waals surface area (Å²) in [6.07, 6.45) is 0.274. The van der Waals surface area contributed by atoms with Gasteiger partial charge in [-0.25, -0.2) is 8.78 Å². The predicted molar refractivity (Wildman–Crippen MR) is 73.2 cm³/mol. The van der Waals surface area contributed by atoms with Crippen molar-refractivity contribution in [2.45, 2.75) is 19.4 Å². The molecule has 0 heterocycles. The fourth-order valence-electron chi connectivity index (χ4n) is 2.06. The van der Waals surface area contributed by atoms with Gasteiger partial charge in [0.05, 0.1) is 5.02 Å². The number of aryl methyl sites for hydroxylation is 1. The van der Waals surface area contributed by atoms with Crippen LogP contribution in [0.3, 0.4) is 0 Å². The number of hydrogen-bond donors (Lipinski definition) is 1. The highest BCUT2D eigenvalue weighted by Crippen LogP contribution is 2.24. The Balaban J connectivity index is 2.28. The monoisotopic (exact) mass is 281 g/mol. The third kappa shape index (κ3) is 3.11. The van der Waals surface area contributed by atoms with E-state index in [0.29, 0.717) is 11.1 Å². The summed E-state index contributed by atoms with van der Waals surface area (Å²) < 4.78 is 27.0. The Hall–Kier alpha value is -1.45. The molecule has 0 fully saturated rings. The highest BCUT2D eigenvalue weighted by Gasteiger charge is 2.14. The maximum atomic E-state index is 13.8. The van der Waals surface area contributed by atoms with Gasteiger partial charge in [0.2, 0.25) is 0 Å². The van der Waals surface area contributed by atoms with Gasteiger partial charge in [-0.15, -0.1) is 0 Å². The summed E-state index contributed by atoms with van der Waals surface area (Å²) in [6.45, 7) is 1.85. The van der Waals surface area contributed by atoms with Gasteiger partial charge in [-0.3, -0.25) is 0 Å². The molecular weight excluding hydrogens is 268 g/mol. The van der Waals surface area contributed by atoms with E-state index < -0.39 is 11.9 Å². The van der Waals surface area contributed by atoms with E-state index in [1.165, 1.54) is 18.2 Å². The zero-order valence-electron chi connectivity index (χ0n) is 10.5. The summed E-state index contributed by atoms with van der Waals surface area (Å²) >= 11 is 5.72. The quantitative estimate of drug-likeness (QED) is 0.898. The van der Waals surface area contributed by atoms with Crippen molar-refractivity contribution in [1.82, 2.24) is 0 Å². The van der Waals surface area contributed by atoms with Gasteiger partial charge in [0.25, 0.3) is 0 Å². The van der Waals surface area contributed by atoms with Crippen molar-refractivity contribution in [3.05, 3.63) is 69.7 Å². The molecule has 4 heteroatoms. The van der Waals surface area contributed by atoms with E-state index in [1.807, 2.05) is 6.92 Å². The molecule has 0 bridgehead atoms. The highest BCUT2D eigenvalue weighted by atomic mass is 35.5. The van der Waals surface area contributed by atoms with Crippen molar-refractivity contribution in [3.63, 3.8) is 0 Å². The van der Waals surface area contributed by atoms with E-state index >= 15 is 0 Å². The second-order valence-electron chi connectivity index (χ2n) is 4.52. The number of halogens is 3. The van der Waals surface area contributed by atoms with Crippen molar-refractivity contribution in [1.29, 1.82) is 0 Å². The van der Waals surface area contributed by atoms with Gasteiger partial charge in [-0.05, 0) is 48.2 Å². The first kappa shape index (κ1) is 14.0. The lowest BCUT2D eigenvalue weighted by atomic mass is 9.96. The summed E-state index contributed by atoms with van der Waals surface area (Å²) in [4.78, 5) is 0. The molecule has 2 rings (SSSR count). The average molecular weight is 282 g/mol. The molecule has 0 saturated carbocycles. The first-order valence-electron chi connectivity index (χ1n) is 5.93. The Morgan fingerprint density at radius 3 is 2.68 bits per heavy atom. The van der Waals surface area contributed by atoms with Gasteiger partial charge in [0.15, 0.2) is 0 Å². The maximum Gasteiger partial charge on any atom is 0.145 e. The first-order chi connectivity index (χ1) is 8.99. The van der Waals surface area contributed by atoms with Gasteiger partial charge in [-0.1, -0.05) is 29.8 Å². The summed E-state index contributed by atoms with van der Waals surface area (Å²) in [7, 11) is 0. The van der Waals surface area contributed by atoms with E-state index in [-0.39, 0.29) is 17.3 Å². The number of nitrogens with two attached hydrogens (primary N) is 1. The molecule has 0 aromatic heterocycles. The lowest BCUT2D eigenvalue weighted by molar-refractivity contribution is 0.588. The fraction of sp³-hybridized carbons (Fsp3) is 0.200. The topological polar surface area (TPSA) is 26.0 Å². The fourth-order valence-corrected chi connectivity index (χ4v) is 2.26. The maximum absolute atomic E-state index is 13.8. The summed E-state index contributed by atoms with van der Waals surface area (Å²) in [5, 5.41) is 0.0701. The van der Waals surface area contributed by atoms with Gasteiger partial charge < -0.3 is 5.73 Å². The zero-order valence-corrected chi connectivity index (χ0v) is 11.2. The summed E-state index contributed by atoms with van der Waals surface area (Å²) in [5.41, 5.74) is 8.04. The molecule has 0 aliphatic carbocycles. The van der Waals surface area contributed by atoms with Crippen LogP contribution in [0.15, 0.2) is 36.4 Å². The smallest absolute Gasteiger partial charge is 0.145 e. The Morgan fingerprint density at radius 1 is 1.21 bits per heavy atom. The molecule has 1 nitrogen and oxygen atoms in total. The van der Waals surface area contributed by atoms with Gasteiger partial charge in [0.1, 0.15) is 11.6 Å². The van der Waals surface area contributed by atoms with Crippen LogP contribution in [-0.4, -0.2) is 0 Å². The third-order valence-electron chi connectivity index (χ3n) is 3.11. The van der Waals surface area contributed by atoms with E-state index in [0.717, 1.165) is 5.56 Å². The molecule has 100 valence electrons. The number of hydrogen-bond acceptors (Lipinski definition) is 1. The Kier molecular flexibility index (Phi) is 4.17. The first-order valence-corrected chi connectivity index (χ1v) is 6.31. The van der Waals surface area contributed by atoms with Crippen LogP contribution < -0.4 is 5.73 Å². The Bertz CT molecular complexity index is 599. The normalized spacial score (nSPS) is 12.5. The minimum Gasteiger partial charge on any atom is -0.324 e. The van der Waals surface area contributed by atoms with Crippen LogP contribution in [0.1, 0.15) is 22.7 Å². The molecule has 1 unspecified atom stereocenters. The third-order valence-corrected chi connectivity index (χ3v) is 3.40. The van der Waals surface area contributed by atoms with Crippen molar-refractivity contribution in [2.24, 2.45) is 5.73 Å².